The number of aryl methyl sites for hydroxylation is 1. The van der Waals surface area contributed by atoms with Gasteiger partial charge in [0.2, 0.25) is 0 Å². The standard InChI is InChI=1S/C25H25NO5/c1-16-8-6-7-11-21(16)25(29)30-15-20-14-19(23(27)17(2)26)12-13-22(20)31-24(28)18-9-4-3-5-10-18/h3-14,17,23,27H,15,26H2,1-2H3. The molecule has 2 atom stereocenters. The quantitative estimate of drug-likeness (QED) is 0.444. The summed E-state index contributed by atoms with van der Waals surface area (Å²) in [5.41, 5.74) is 8.44. The minimum absolute atomic E-state index is 0.135. The van der Waals surface area contributed by atoms with Crippen molar-refractivity contribution < 1.29 is 24.2 Å². The second-order valence-electron chi connectivity index (χ2n) is 7.32. The first-order chi connectivity index (χ1) is 14.9. The first-order valence-corrected chi connectivity index (χ1v) is 9.93. The van der Waals surface area contributed by atoms with E-state index in [1.165, 1.54) is 0 Å². The number of ether oxygens (including phenoxy) is 2. The van der Waals surface area contributed by atoms with Gasteiger partial charge in [-0.25, -0.2) is 9.59 Å². The molecule has 2 unspecified atom stereocenters. The van der Waals surface area contributed by atoms with Gasteiger partial charge < -0.3 is 20.3 Å². The molecule has 0 fully saturated rings. The summed E-state index contributed by atoms with van der Waals surface area (Å²) in [5.74, 6) is -0.781. The topological polar surface area (TPSA) is 98.8 Å². The van der Waals surface area contributed by atoms with E-state index < -0.39 is 24.1 Å². The van der Waals surface area contributed by atoms with E-state index in [1.807, 2.05) is 19.1 Å². The molecular formula is C25H25NO5. The van der Waals surface area contributed by atoms with E-state index >= 15 is 0 Å². The van der Waals surface area contributed by atoms with Crippen LogP contribution in [0.5, 0.6) is 5.75 Å². The summed E-state index contributed by atoms with van der Waals surface area (Å²) in [4.78, 5) is 25.0. The molecule has 160 valence electrons. The number of benzene rings is 3. The van der Waals surface area contributed by atoms with Crippen LogP contribution in [0, 0.1) is 6.92 Å². The highest BCUT2D eigenvalue weighted by atomic mass is 16.5. The van der Waals surface area contributed by atoms with Crippen LogP contribution in [0.4, 0.5) is 0 Å². The van der Waals surface area contributed by atoms with E-state index in [0.29, 0.717) is 22.3 Å². The summed E-state index contributed by atoms with van der Waals surface area (Å²) in [6.45, 7) is 3.37. The maximum Gasteiger partial charge on any atom is 0.343 e. The molecule has 0 radical (unpaired) electrons. The molecule has 0 bridgehead atoms. The lowest BCUT2D eigenvalue weighted by atomic mass is 10.0. The molecule has 6 nitrogen and oxygen atoms in total. The number of carbonyl (C=O) groups is 2. The maximum absolute atomic E-state index is 12.5. The van der Waals surface area contributed by atoms with Crippen molar-refractivity contribution in [1.82, 2.24) is 0 Å². The molecule has 3 aromatic rings. The van der Waals surface area contributed by atoms with Crippen LogP contribution in [0.3, 0.4) is 0 Å². The predicted octanol–water partition coefficient (Wildman–Crippen LogP) is 3.95. The normalized spacial score (nSPS) is 12.6. The van der Waals surface area contributed by atoms with Gasteiger partial charge in [0.1, 0.15) is 12.4 Å². The number of hydrogen-bond acceptors (Lipinski definition) is 6. The molecule has 31 heavy (non-hydrogen) atoms. The van der Waals surface area contributed by atoms with Crippen LogP contribution >= 0.6 is 0 Å². The highest BCUT2D eigenvalue weighted by Gasteiger charge is 2.19. The van der Waals surface area contributed by atoms with Gasteiger partial charge in [-0.15, -0.1) is 0 Å². The first-order valence-electron chi connectivity index (χ1n) is 9.93. The van der Waals surface area contributed by atoms with Gasteiger partial charge in [-0.3, -0.25) is 0 Å². The zero-order chi connectivity index (χ0) is 22.4. The van der Waals surface area contributed by atoms with E-state index in [9.17, 15) is 14.7 Å². The van der Waals surface area contributed by atoms with Crippen molar-refractivity contribution in [3.05, 3.63) is 101 Å². The fraction of sp³-hybridized carbons (Fsp3) is 0.200. The number of rotatable bonds is 7. The van der Waals surface area contributed by atoms with Gasteiger partial charge in [0.15, 0.2) is 0 Å². The number of nitrogens with two attached hydrogens (primary N) is 1. The van der Waals surface area contributed by atoms with Gasteiger partial charge in [0, 0.05) is 11.6 Å². The average Bonchev–Trinajstić information content (AvgIpc) is 2.78. The predicted molar refractivity (Wildman–Crippen MR) is 117 cm³/mol. The van der Waals surface area contributed by atoms with Crippen LogP contribution in [-0.4, -0.2) is 23.1 Å². The number of aliphatic hydroxyl groups is 1. The van der Waals surface area contributed by atoms with Gasteiger partial charge in [-0.1, -0.05) is 42.5 Å². The van der Waals surface area contributed by atoms with Gasteiger partial charge in [0.05, 0.1) is 17.2 Å². The Hall–Kier alpha value is -3.48. The van der Waals surface area contributed by atoms with Crippen molar-refractivity contribution >= 4 is 11.9 Å². The monoisotopic (exact) mass is 419 g/mol. The molecule has 3 rings (SSSR count). The summed E-state index contributed by atoms with van der Waals surface area (Å²) >= 11 is 0. The molecule has 6 heteroatoms. The molecule has 0 amide bonds. The van der Waals surface area contributed by atoms with Gasteiger partial charge in [-0.2, -0.15) is 0 Å². The Morgan fingerprint density at radius 2 is 1.65 bits per heavy atom. The highest BCUT2D eigenvalue weighted by molar-refractivity contribution is 5.91. The largest absolute Gasteiger partial charge is 0.457 e. The lowest BCUT2D eigenvalue weighted by molar-refractivity contribution is 0.0468. The van der Waals surface area contributed by atoms with Gasteiger partial charge >= 0.3 is 11.9 Å². The Balaban J connectivity index is 1.85. The van der Waals surface area contributed by atoms with Crippen molar-refractivity contribution in [1.29, 1.82) is 0 Å². The minimum Gasteiger partial charge on any atom is -0.457 e. The molecule has 0 saturated heterocycles. The number of aliphatic hydroxyl groups excluding tert-OH is 1. The molecule has 0 saturated carbocycles. The summed E-state index contributed by atoms with van der Waals surface area (Å²) < 4.78 is 11.0. The Bertz CT molecular complexity index is 1060. The number of carbonyl (C=O) groups excluding carboxylic acids is 2. The molecular weight excluding hydrogens is 394 g/mol. The van der Waals surface area contributed by atoms with Crippen LogP contribution < -0.4 is 10.5 Å². The van der Waals surface area contributed by atoms with Crippen molar-refractivity contribution in [2.45, 2.75) is 32.6 Å². The summed E-state index contributed by atoms with van der Waals surface area (Å²) in [6, 6.07) is 20.0. The Morgan fingerprint density at radius 1 is 0.968 bits per heavy atom. The molecule has 0 heterocycles. The molecule has 0 aliphatic rings. The maximum atomic E-state index is 12.5. The Morgan fingerprint density at radius 3 is 2.32 bits per heavy atom. The summed E-state index contributed by atoms with van der Waals surface area (Å²) in [7, 11) is 0. The first kappa shape index (κ1) is 22.2. The molecule has 0 aliphatic carbocycles. The number of esters is 2. The van der Waals surface area contributed by atoms with E-state index in [2.05, 4.69) is 0 Å². The van der Waals surface area contributed by atoms with Gasteiger partial charge in [-0.05, 0) is 55.3 Å². The van der Waals surface area contributed by atoms with Crippen LogP contribution in [0.2, 0.25) is 0 Å². The second kappa shape index (κ2) is 10.0. The van der Waals surface area contributed by atoms with Crippen molar-refractivity contribution in [2.75, 3.05) is 0 Å². The fourth-order valence-electron chi connectivity index (χ4n) is 3.06. The third-order valence-electron chi connectivity index (χ3n) is 4.86. The summed E-state index contributed by atoms with van der Waals surface area (Å²) in [6.07, 6.45) is -0.912. The average molecular weight is 419 g/mol. The van der Waals surface area contributed by atoms with Crippen molar-refractivity contribution in [2.24, 2.45) is 5.73 Å². The van der Waals surface area contributed by atoms with Crippen molar-refractivity contribution in [3.8, 4) is 5.75 Å². The van der Waals surface area contributed by atoms with Crippen LogP contribution in [0.25, 0.3) is 0 Å². The van der Waals surface area contributed by atoms with Crippen LogP contribution in [0.15, 0.2) is 72.8 Å². The third kappa shape index (κ3) is 5.57. The SMILES string of the molecule is Cc1ccccc1C(=O)OCc1cc(C(O)C(C)N)ccc1OC(=O)c1ccccc1. The van der Waals surface area contributed by atoms with E-state index in [1.54, 1.807) is 67.6 Å². The van der Waals surface area contributed by atoms with E-state index in [4.69, 9.17) is 15.2 Å². The highest BCUT2D eigenvalue weighted by Crippen LogP contribution is 2.27. The smallest absolute Gasteiger partial charge is 0.343 e. The van der Waals surface area contributed by atoms with Crippen molar-refractivity contribution in [3.63, 3.8) is 0 Å². The zero-order valence-electron chi connectivity index (χ0n) is 17.4. The lowest BCUT2D eigenvalue weighted by Crippen LogP contribution is -2.24. The Kier molecular flexibility index (Phi) is 7.18. The molecule has 3 aromatic carbocycles. The number of hydrogen-bond donors (Lipinski definition) is 2. The van der Waals surface area contributed by atoms with Crippen LogP contribution in [0.1, 0.15) is 50.4 Å². The molecule has 0 spiro atoms. The Labute approximate surface area is 181 Å². The molecule has 0 aliphatic heterocycles. The zero-order valence-corrected chi connectivity index (χ0v) is 17.4. The van der Waals surface area contributed by atoms with Crippen LogP contribution in [-0.2, 0) is 11.3 Å². The summed E-state index contributed by atoms with van der Waals surface area (Å²) in [5, 5.41) is 10.3. The second-order valence-corrected chi connectivity index (χ2v) is 7.32. The van der Waals surface area contributed by atoms with E-state index in [0.717, 1.165) is 5.56 Å². The van der Waals surface area contributed by atoms with Gasteiger partial charge in [0.25, 0.3) is 0 Å². The molecule has 0 aromatic heterocycles. The third-order valence-corrected chi connectivity index (χ3v) is 4.86. The van der Waals surface area contributed by atoms with E-state index in [-0.39, 0.29) is 12.4 Å². The minimum atomic E-state index is -0.912. The molecule has 3 N–H and O–H groups in total. The lowest BCUT2D eigenvalue weighted by Gasteiger charge is -2.18. The fourth-order valence-corrected chi connectivity index (χ4v) is 3.06.